The van der Waals surface area contributed by atoms with Crippen LogP contribution >= 0.6 is 15.9 Å². The lowest BCUT2D eigenvalue weighted by Crippen LogP contribution is -1.94. The number of hydrogen-bond acceptors (Lipinski definition) is 2. The number of halogens is 1. The second kappa shape index (κ2) is 3.63. The van der Waals surface area contributed by atoms with Gasteiger partial charge in [0.25, 0.3) is 0 Å². The van der Waals surface area contributed by atoms with Crippen LogP contribution in [0.1, 0.15) is 5.69 Å². The molecule has 74 valence electrons. The predicted octanol–water partition coefficient (Wildman–Crippen LogP) is 2.40. The zero-order valence-electron chi connectivity index (χ0n) is 7.80. The molecule has 0 aliphatic heterocycles. The van der Waals surface area contributed by atoms with Crippen LogP contribution in [-0.4, -0.2) is 12.1 Å². The Morgan fingerprint density at radius 3 is 2.86 bits per heavy atom. The molecule has 0 saturated heterocycles. The molecule has 2 aromatic rings. The molecule has 0 unspecified atom stereocenters. The summed E-state index contributed by atoms with van der Waals surface area (Å²) >= 11 is 3.43. The number of hydrogen-bond donors (Lipinski definition) is 2. The zero-order valence-corrected chi connectivity index (χ0v) is 9.39. The lowest BCUT2D eigenvalue weighted by Gasteiger charge is -2.02. The number of ether oxygens (including phenoxy) is 1. The molecule has 2 rings (SSSR count). The van der Waals surface area contributed by atoms with E-state index in [2.05, 4.69) is 20.9 Å². The fourth-order valence-corrected chi connectivity index (χ4v) is 1.97. The van der Waals surface area contributed by atoms with Crippen molar-refractivity contribution in [2.45, 2.75) is 6.54 Å². The number of aromatic amines is 1. The van der Waals surface area contributed by atoms with E-state index in [1.807, 2.05) is 18.2 Å². The summed E-state index contributed by atoms with van der Waals surface area (Å²) in [6.07, 6.45) is 0. The average molecular weight is 255 g/mol. The highest BCUT2D eigenvalue weighted by Gasteiger charge is 2.05. The monoisotopic (exact) mass is 254 g/mol. The van der Waals surface area contributed by atoms with Gasteiger partial charge < -0.3 is 15.5 Å². The Hall–Kier alpha value is -1.00. The van der Waals surface area contributed by atoms with Crippen LogP contribution < -0.4 is 10.5 Å². The Labute approximate surface area is 90.4 Å². The molecule has 1 heterocycles. The summed E-state index contributed by atoms with van der Waals surface area (Å²) in [5.41, 5.74) is 7.64. The normalized spacial score (nSPS) is 10.8. The molecule has 3 N–H and O–H groups in total. The summed E-state index contributed by atoms with van der Waals surface area (Å²) in [6.45, 7) is 0.522. The Balaban J connectivity index is 2.64. The SMILES string of the molecule is COc1cc2cc(CN)[nH]c2cc1Br. The highest BCUT2D eigenvalue weighted by molar-refractivity contribution is 9.10. The number of H-pyrrole nitrogens is 1. The molecule has 0 spiro atoms. The van der Waals surface area contributed by atoms with Gasteiger partial charge >= 0.3 is 0 Å². The van der Waals surface area contributed by atoms with Crippen molar-refractivity contribution in [1.82, 2.24) is 4.98 Å². The van der Waals surface area contributed by atoms with Crippen molar-refractivity contribution in [3.63, 3.8) is 0 Å². The second-order valence-electron chi connectivity index (χ2n) is 3.07. The first-order valence-electron chi connectivity index (χ1n) is 4.30. The number of methoxy groups -OCH3 is 1. The molecule has 0 aliphatic rings. The van der Waals surface area contributed by atoms with Gasteiger partial charge in [0.2, 0.25) is 0 Å². The molecule has 3 nitrogen and oxygen atoms in total. The van der Waals surface area contributed by atoms with Crippen LogP contribution in [-0.2, 0) is 6.54 Å². The molecule has 0 atom stereocenters. The van der Waals surface area contributed by atoms with Crippen molar-refractivity contribution in [3.8, 4) is 5.75 Å². The van der Waals surface area contributed by atoms with Gasteiger partial charge in [0.15, 0.2) is 0 Å². The van der Waals surface area contributed by atoms with Crippen molar-refractivity contribution >= 4 is 26.8 Å². The highest BCUT2D eigenvalue weighted by atomic mass is 79.9. The van der Waals surface area contributed by atoms with Crippen LogP contribution in [0, 0.1) is 0 Å². The molecule has 0 bridgehead atoms. The summed E-state index contributed by atoms with van der Waals surface area (Å²) in [6, 6.07) is 6.01. The largest absolute Gasteiger partial charge is 0.496 e. The minimum absolute atomic E-state index is 0.522. The first-order chi connectivity index (χ1) is 6.74. The molecule has 0 fully saturated rings. The maximum Gasteiger partial charge on any atom is 0.133 e. The van der Waals surface area contributed by atoms with Crippen molar-refractivity contribution < 1.29 is 4.74 Å². The van der Waals surface area contributed by atoms with E-state index in [0.29, 0.717) is 6.54 Å². The van der Waals surface area contributed by atoms with Gasteiger partial charge in [0, 0.05) is 23.1 Å². The third-order valence-electron chi connectivity index (χ3n) is 2.17. The molecule has 0 aliphatic carbocycles. The average Bonchev–Trinajstić information content (AvgIpc) is 2.58. The number of benzene rings is 1. The fourth-order valence-electron chi connectivity index (χ4n) is 1.46. The number of fused-ring (bicyclic) bond motifs is 1. The lowest BCUT2D eigenvalue weighted by atomic mass is 10.2. The van der Waals surface area contributed by atoms with E-state index in [1.54, 1.807) is 7.11 Å². The summed E-state index contributed by atoms with van der Waals surface area (Å²) in [4.78, 5) is 3.23. The standard InChI is InChI=1S/C10H11BrN2O/c1-14-10-3-6-2-7(5-12)13-9(6)4-8(10)11/h2-4,13H,5,12H2,1H3. The number of nitrogens with one attached hydrogen (secondary N) is 1. The van der Waals surface area contributed by atoms with E-state index >= 15 is 0 Å². The van der Waals surface area contributed by atoms with Gasteiger partial charge in [-0.05, 0) is 34.1 Å². The molecular formula is C10H11BrN2O. The minimum Gasteiger partial charge on any atom is -0.496 e. The van der Waals surface area contributed by atoms with Crippen LogP contribution in [0.25, 0.3) is 10.9 Å². The Kier molecular flexibility index (Phi) is 2.48. The van der Waals surface area contributed by atoms with Crippen LogP contribution in [0.2, 0.25) is 0 Å². The molecule has 0 amide bonds. The smallest absolute Gasteiger partial charge is 0.133 e. The number of nitrogens with two attached hydrogens (primary N) is 1. The predicted molar refractivity (Wildman–Crippen MR) is 60.4 cm³/mol. The summed E-state index contributed by atoms with van der Waals surface area (Å²) in [7, 11) is 1.66. The van der Waals surface area contributed by atoms with Gasteiger partial charge in [0.1, 0.15) is 5.75 Å². The maximum atomic E-state index is 5.55. The Bertz CT molecular complexity index is 464. The van der Waals surface area contributed by atoms with Crippen molar-refractivity contribution in [3.05, 3.63) is 28.4 Å². The molecule has 14 heavy (non-hydrogen) atoms. The van der Waals surface area contributed by atoms with Crippen molar-refractivity contribution in [2.75, 3.05) is 7.11 Å². The zero-order chi connectivity index (χ0) is 10.1. The van der Waals surface area contributed by atoms with Crippen LogP contribution in [0.5, 0.6) is 5.75 Å². The molecular weight excluding hydrogens is 244 g/mol. The summed E-state index contributed by atoms with van der Waals surface area (Å²) < 4.78 is 6.15. The second-order valence-corrected chi connectivity index (χ2v) is 3.93. The van der Waals surface area contributed by atoms with Gasteiger partial charge in [-0.2, -0.15) is 0 Å². The molecule has 1 aromatic carbocycles. The van der Waals surface area contributed by atoms with Gasteiger partial charge in [-0.25, -0.2) is 0 Å². The third-order valence-corrected chi connectivity index (χ3v) is 2.79. The minimum atomic E-state index is 0.522. The van der Waals surface area contributed by atoms with E-state index in [-0.39, 0.29) is 0 Å². The molecule has 0 saturated carbocycles. The summed E-state index contributed by atoms with van der Waals surface area (Å²) in [5.74, 6) is 0.833. The van der Waals surface area contributed by atoms with Crippen molar-refractivity contribution in [1.29, 1.82) is 0 Å². The van der Waals surface area contributed by atoms with Crippen LogP contribution in [0.15, 0.2) is 22.7 Å². The van der Waals surface area contributed by atoms with E-state index in [4.69, 9.17) is 10.5 Å². The van der Waals surface area contributed by atoms with Gasteiger partial charge in [-0.1, -0.05) is 0 Å². The van der Waals surface area contributed by atoms with Gasteiger partial charge in [-0.15, -0.1) is 0 Å². The third kappa shape index (κ3) is 1.51. The van der Waals surface area contributed by atoms with Crippen LogP contribution in [0.3, 0.4) is 0 Å². The quantitative estimate of drug-likeness (QED) is 0.865. The fraction of sp³-hybridized carbons (Fsp3) is 0.200. The molecule has 0 radical (unpaired) electrons. The van der Waals surface area contributed by atoms with E-state index in [9.17, 15) is 0 Å². The first kappa shape index (κ1) is 9.55. The Morgan fingerprint density at radius 2 is 2.21 bits per heavy atom. The number of rotatable bonds is 2. The Morgan fingerprint density at radius 1 is 1.43 bits per heavy atom. The summed E-state index contributed by atoms with van der Waals surface area (Å²) in [5, 5.41) is 1.12. The van der Waals surface area contributed by atoms with E-state index in [0.717, 1.165) is 26.8 Å². The molecule has 1 aromatic heterocycles. The van der Waals surface area contributed by atoms with Gasteiger partial charge in [0.05, 0.1) is 11.6 Å². The van der Waals surface area contributed by atoms with Crippen molar-refractivity contribution in [2.24, 2.45) is 5.73 Å². The topological polar surface area (TPSA) is 51.0 Å². The molecule has 4 heteroatoms. The van der Waals surface area contributed by atoms with Crippen LogP contribution in [0.4, 0.5) is 0 Å². The van der Waals surface area contributed by atoms with E-state index < -0.39 is 0 Å². The first-order valence-corrected chi connectivity index (χ1v) is 5.09. The van der Waals surface area contributed by atoms with Gasteiger partial charge in [-0.3, -0.25) is 0 Å². The van der Waals surface area contributed by atoms with E-state index in [1.165, 1.54) is 0 Å². The number of aromatic nitrogens is 1. The lowest BCUT2D eigenvalue weighted by molar-refractivity contribution is 0.413. The maximum absolute atomic E-state index is 5.55. The highest BCUT2D eigenvalue weighted by Crippen LogP contribution is 2.30.